The summed E-state index contributed by atoms with van der Waals surface area (Å²) in [5.74, 6) is 0.605. The minimum atomic E-state index is -4.10. The van der Waals surface area contributed by atoms with Gasteiger partial charge in [-0.1, -0.05) is 6.92 Å². The largest absolute Gasteiger partial charge is 0.495 e. The van der Waals surface area contributed by atoms with Crippen LogP contribution in [0.4, 0.5) is 13.2 Å². The van der Waals surface area contributed by atoms with Crippen molar-refractivity contribution in [1.82, 2.24) is 10.3 Å². The highest BCUT2D eigenvalue weighted by molar-refractivity contribution is 5.32. The second kappa shape index (κ2) is 8.09. The van der Waals surface area contributed by atoms with Crippen LogP contribution in [0.25, 0.3) is 0 Å². The molecule has 114 valence electrons. The van der Waals surface area contributed by atoms with Gasteiger partial charge in [0.05, 0.1) is 13.3 Å². The third-order valence-electron chi connectivity index (χ3n) is 3.01. The van der Waals surface area contributed by atoms with Gasteiger partial charge in [0.1, 0.15) is 5.75 Å². The second-order valence-electron chi connectivity index (χ2n) is 4.63. The van der Waals surface area contributed by atoms with Gasteiger partial charge in [-0.05, 0) is 31.9 Å². The lowest BCUT2D eigenvalue weighted by Gasteiger charge is -2.21. The molecule has 1 N–H and O–H groups in total. The molecule has 0 saturated carbocycles. The van der Waals surface area contributed by atoms with Crippen LogP contribution in [0.2, 0.25) is 0 Å². The van der Waals surface area contributed by atoms with Gasteiger partial charge in [-0.3, -0.25) is 4.98 Å². The number of hydrogen-bond acceptors (Lipinski definition) is 3. The Kier molecular flexibility index (Phi) is 6.78. The number of alkyl halides is 3. The summed E-state index contributed by atoms with van der Waals surface area (Å²) in [4.78, 5) is 3.97. The maximum Gasteiger partial charge on any atom is 0.389 e. The molecule has 0 amide bonds. The van der Waals surface area contributed by atoms with Gasteiger partial charge in [0.15, 0.2) is 0 Å². The van der Waals surface area contributed by atoms with Gasteiger partial charge < -0.3 is 10.1 Å². The summed E-state index contributed by atoms with van der Waals surface area (Å²) < 4.78 is 42.0. The van der Waals surface area contributed by atoms with E-state index in [0.717, 1.165) is 18.5 Å². The summed E-state index contributed by atoms with van der Waals surface area (Å²) in [7, 11) is 1.53. The van der Waals surface area contributed by atoms with Crippen molar-refractivity contribution >= 4 is 0 Å². The molecule has 1 atom stereocenters. The monoisotopic (exact) mass is 290 g/mol. The fourth-order valence-electron chi connectivity index (χ4n) is 2.04. The molecule has 0 aliphatic rings. The molecule has 0 spiro atoms. The number of pyridine rings is 1. The molecule has 0 saturated heterocycles. The van der Waals surface area contributed by atoms with Crippen LogP contribution in [0.15, 0.2) is 18.5 Å². The molecule has 0 radical (unpaired) electrons. The lowest BCUT2D eigenvalue weighted by Crippen LogP contribution is -2.23. The zero-order chi connectivity index (χ0) is 15.0. The predicted molar refractivity (Wildman–Crippen MR) is 71.7 cm³/mol. The van der Waals surface area contributed by atoms with Crippen LogP contribution in [0.1, 0.15) is 44.2 Å². The molecule has 1 aromatic heterocycles. The molecule has 0 aliphatic heterocycles. The van der Waals surface area contributed by atoms with Crippen LogP contribution in [0.5, 0.6) is 5.75 Å². The van der Waals surface area contributed by atoms with Gasteiger partial charge in [-0.15, -0.1) is 0 Å². The quantitative estimate of drug-likeness (QED) is 0.789. The normalized spacial score (nSPS) is 13.2. The number of halogens is 3. The molecule has 0 aromatic carbocycles. The van der Waals surface area contributed by atoms with Gasteiger partial charge >= 0.3 is 6.18 Å². The van der Waals surface area contributed by atoms with Crippen LogP contribution in [0.3, 0.4) is 0 Å². The summed E-state index contributed by atoms with van der Waals surface area (Å²) >= 11 is 0. The highest BCUT2D eigenvalue weighted by Gasteiger charge is 2.27. The first-order valence-corrected chi connectivity index (χ1v) is 6.76. The number of hydrogen-bond donors (Lipinski definition) is 1. The van der Waals surface area contributed by atoms with E-state index < -0.39 is 12.6 Å². The number of ether oxygens (including phenoxy) is 1. The minimum absolute atomic E-state index is 0.0936. The lowest BCUT2D eigenvalue weighted by molar-refractivity contribution is -0.135. The maximum absolute atomic E-state index is 12.3. The van der Waals surface area contributed by atoms with Crippen molar-refractivity contribution in [3.8, 4) is 5.75 Å². The smallest absolute Gasteiger partial charge is 0.389 e. The number of rotatable bonds is 8. The van der Waals surface area contributed by atoms with E-state index in [0.29, 0.717) is 12.2 Å². The van der Waals surface area contributed by atoms with E-state index >= 15 is 0 Å². The first-order valence-electron chi connectivity index (χ1n) is 6.76. The third-order valence-corrected chi connectivity index (χ3v) is 3.01. The highest BCUT2D eigenvalue weighted by Crippen LogP contribution is 2.30. The van der Waals surface area contributed by atoms with Crippen LogP contribution in [-0.4, -0.2) is 24.8 Å². The fraction of sp³-hybridized carbons (Fsp3) is 0.643. The number of methoxy groups -OCH3 is 1. The van der Waals surface area contributed by atoms with Crippen LogP contribution < -0.4 is 10.1 Å². The standard InChI is InChI=1S/C14H21F3N2O/c1-3-8-19-12(5-4-7-14(15,16)17)11-6-9-18-10-13(11)20-2/h6,9-10,12,19H,3-5,7-8H2,1-2H3. The summed E-state index contributed by atoms with van der Waals surface area (Å²) in [5.41, 5.74) is 0.859. The Balaban J connectivity index is 2.72. The molecular formula is C14H21F3N2O. The Labute approximate surface area is 117 Å². The lowest BCUT2D eigenvalue weighted by atomic mass is 10.0. The Morgan fingerprint density at radius 1 is 1.40 bits per heavy atom. The third kappa shape index (κ3) is 5.77. The van der Waals surface area contributed by atoms with Crippen molar-refractivity contribution in [2.24, 2.45) is 0 Å². The summed E-state index contributed by atoms with van der Waals surface area (Å²) in [6, 6.07) is 1.65. The van der Waals surface area contributed by atoms with Gasteiger partial charge in [0, 0.05) is 24.2 Å². The molecule has 0 bridgehead atoms. The Morgan fingerprint density at radius 3 is 2.75 bits per heavy atom. The number of nitrogens with zero attached hydrogens (tertiary/aromatic N) is 1. The molecule has 0 fully saturated rings. The van der Waals surface area contributed by atoms with E-state index in [1.54, 1.807) is 18.5 Å². The van der Waals surface area contributed by atoms with Crippen molar-refractivity contribution in [3.63, 3.8) is 0 Å². The van der Waals surface area contributed by atoms with E-state index in [2.05, 4.69) is 10.3 Å². The van der Waals surface area contributed by atoms with Crippen molar-refractivity contribution in [2.45, 2.75) is 44.8 Å². The maximum atomic E-state index is 12.3. The SMILES string of the molecule is CCCNC(CCCC(F)(F)F)c1ccncc1OC. The number of nitrogens with one attached hydrogen (secondary N) is 1. The van der Waals surface area contributed by atoms with Gasteiger partial charge in [-0.2, -0.15) is 13.2 Å². The fourth-order valence-corrected chi connectivity index (χ4v) is 2.04. The first kappa shape index (κ1) is 16.8. The van der Waals surface area contributed by atoms with Gasteiger partial charge in [0.25, 0.3) is 0 Å². The molecule has 0 aliphatic carbocycles. The van der Waals surface area contributed by atoms with E-state index in [1.165, 1.54) is 7.11 Å². The Morgan fingerprint density at radius 2 is 2.15 bits per heavy atom. The van der Waals surface area contributed by atoms with E-state index in [1.807, 2.05) is 6.92 Å². The molecule has 1 rings (SSSR count). The Bertz CT molecular complexity index is 396. The van der Waals surface area contributed by atoms with Gasteiger partial charge in [-0.25, -0.2) is 0 Å². The first-order chi connectivity index (χ1) is 9.48. The zero-order valence-corrected chi connectivity index (χ0v) is 11.8. The summed E-state index contributed by atoms with van der Waals surface area (Å²) in [6.07, 6.45) is -0.219. The molecule has 3 nitrogen and oxygen atoms in total. The van der Waals surface area contributed by atoms with E-state index in [9.17, 15) is 13.2 Å². The molecular weight excluding hydrogens is 269 g/mol. The van der Waals surface area contributed by atoms with Crippen molar-refractivity contribution < 1.29 is 17.9 Å². The van der Waals surface area contributed by atoms with E-state index in [4.69, 9.17) is 4.74 Å². The molecule has 6 heteroatoms. The second-order valence-corrected chi connectivity index (χ2v) is 4.63. The van der Waals surface area contributed by atoms with Crippen LogP contribution >= 0.6 is 0 Å². The number of aromatic nitrogens is 1. The van der Waals surface area contributed by atoms with Crippen molar-refractivity contribution in [1.29, 1.82) is 0 Å². The average molecular weight is 290 g/mol. The molecule has 1 unspecified atom stereocenters. The molecule has 1 heterocycles. The molecule has 20 heavy (non-hydrogen) atoms. The Hall–Kier alpha value is -1.30. The molecule has 1 aromatic rings. The van der Waals surface area contributed by atoms with Crippen molar-refractivity contribution in [2.75, 3.05) is 13.7 Å². The average Bonchev–Trinajstić information content (AvgIpc) is 2.41. The summed E-state index contributed by atoms with van der Waals surface area (Å²) in [6.45, 7) is 2.77. The predicted octanol–water partition coefficient (Wildman–Crippen LogP) is 3.86. The summed E-state index contributed by atoms with van der Waals surface area (Å²) in [5, 5.41) is 3.27. The van der Waals surface area contributed by atoms with Crippen molar-refractivity contribution in [3.05, 3.63) is 24.0 Å². The highest BCUT2D eigenvalue weighted by atomic mass is 19.4. The van der Waals surface area contributed by atoms with Crippen LogP contribution in [-0.2, 0) is 0 Å². The topological polar surface area (TPSA) is 34.2 Å². The van der Waals surface area contributed by atoms with E-state index in [-0.39, 0.29) is 12.5 Å². The van der Waals surface area contributed by atoms with Crippen LogP contribution in [0, 0.1) is 0 Å². The minimum Gasteiger partial charge on any atom is -0.495 e. The zero-order valence-electron chi connectivity index (χ0n) is 11.8. The van der Waals surface area contributed by atoms with Gasteiger partial charge in [0.2, 0.25) is 0 Å².